The first-order valence-electron chi connectivity index (χ1n) is 11.8. The lowest BCUT2D eigenvalue weighted by atomic mass is 9.88. The molecule has 0 radical (unpaired) electrons. The number of anilines is 2. The summed E-state index contributed by atoms with van der Waals surface area (Å²) in [6, 6.07) is 1.76. The number of allylic oxidation sites excluding steroid dienone is 3. The third-order valence-electron chi connectivity index (χ3n) is 6.61. The highest BCUT2D eigenvalue weighted by molar-refractivity contribution is 6.00. The standard InChI is InChI=1S/C25H33N5O4/c1-15(21-22(32)29-25(30(21)14-31)9-7-6-8-10-25)18-11-17-13-26-20(12-19(17)27-16(18)2)28-23(33)34-24(3,4)5/h12-14,27H,6-11H2,1-5H3,(H,29,32)(H,26,28,33)/b21-15-. The molecule has 1 aromatic rings. The molecule has 0 aromatic carbocycles. The zero-order valence-electron chi connectivity index (χ0n) is 20.5. The van der Waals surface area contributed by atoms with Gasteiger partial charge in [0.2, 0.25) is 6.41 Å². The second-order valence-electron chi connectivity index (χ2n) is 10.3. The maximum absolute atomic E-state index is 13.0. The van der Waals surface area contributed by atoms with E-state index in [1.165, 1.54) is 0 Å². The minimum Gasteiger partial charge on any atom is -0.444 e. The molecule has 0 unspecified atom stereocenters. The number of amides is 3. The van der Waals surface area contributed by atoms with E-state index in [1.807, 2.05) is 13.8 Å². The number of carbonyl (C=O) groups is 3. The van der Waals surface area contributed by atoms with Gasteiger partial charge < -0.3 is 15.4 Å². The fraction of sp³-hybridized carbons (Fsp3) is 0.520. The molecule has 3 aliphatic rings. The first-order chi connectivity index (χ1) is 16.0. The lowest BCUT2D eigenvalue weighted by Crippen LogP contribution is -2.52. The van der Waals surface area contributed by atoms with Crippen LogP contribution in [-0.2, 0) is 20.7 Å². The number of nitrogens with one attached hydrogen (secondary N) is 3. The minimum absolute atomic E-state index is 0.201. The van der Waals surface area contributed by atoms with Crippen molar-refractivity contribution in [3.8, 4) is 0 Å². The SMILES string of the molecule is CC1=C(/C(C)=C2/C(=O)NC3(CCCCC3)N2C=O)Cc2cnc(NC(=O)OC(C)(C)C)cc2N1. The number of rotatable bonds is 3. The van der Waals surface area contributed by atoms with Crippen molar-refractivity contribution in [1.82, 2.24) is 15.2 Å². The van der Waals surface area contributed by atoms with E-state index in [0.29, 0.717) is 17.9 Å². The molecule has 3 heterocycles. The van der Waals surface area contributed by atoms with Crippen LogP contribution >= 0.6 is 0 Å². The number of pyridine rings is 1. The molecular formula is C25H33N5O4. The second kappa shape index (κ2) is 8.77. The fourth-order valence-electron chi connectivity index (χ4n) is 5.04. The Balaban J connectivity index is 1.59. The van der Waals surface area contributed by atoms with Gasteiger partial charge in [-0.25, -0.2) is 9.78 Å². The van der Waals surface area contributed by atoms with Crippen LogP contribution < -0.4 is 16.0 Å². The quantitative estimate of drug-likeness (QED) is 0.454. The number of hydrogen-bond donors (Lipinski definition) is 3. The highest BCUT2D eigenvalue weighted by Crippen LogP contribution is 2.40. The van der Waals surface area contributed by atoms with Gasteiger partial charge in [-0.15, -0.1) is 0 Å². The molecule has 2 fully saturated rings. The van der Waals surface area contributed by atoms with E-state index < -0.39 is 17.4 Å². The Morgan fingerprint density at radius 1 is 1.26 bits per heavy atom. The third kappa shape index (κ3) is 4.51. The number of ether oxygens (including phenoxy) is 1. The molecule has 182 valence electrons. The van der Waals surface area contributed by atoms with Crippen LogP contribution in [0.4, 0.5) is 16.3 Å². The average molecular weight is 468 g/mol. The lowest BCUT2D eigenvalue weighted by Gasteiger charge is -2.38. The maximum atomic E-state index is 13.0. The summed E-state index contributed by atoms with van der Waals surface area (Å²) in [6.07, 6.45) is 7.10. The summed E-state index contributed by atoms with van der Waals surface area (Å²) in [6.45, 7) is 9.23. The van der Waals surface area contributed by atoms with Gasteiger partial charge in [-0.2, -0.15) is 0 Å². The zero-order valence-corrected chi connectivity index (χ0v) is 20.5. The summed E-state index contributed by atoms with van der Waals surface area (Å²) in [4.78, 5) is 43.2. The van der Waals surface area contributed by atoms with E-state index in [1.54, 1.807) is 37.9 Å². The van der Waals surface area contributed by atoms with Gasteiger partial charge in [0.05, 0.1) is 0 Å². The van der Waals surface area contributed by atoms with Gasteiger partial charge in [0.1, 0.15) is 22.8 Å². The van der Waals surface area contributed by atoms with E-state index >= 15 is 0 Å². The summed E-state index contributed by atoms with van der Waals surface area (Å²) in [5.74, 6) is 0.181. The van der Waals surface area contributed by atoms with Gasteiger partial charge in [0.25, 0.3) is 5.91 Å². The zero-order chi connectivity index (χ0) is 24.7. The van der Waals surface area contributed by atoms with Crippen LogP contribution in [0.1, 0.15) is 72.3 Å². The van der Waals surface area contributed by atoms with Crippen molar-refractivity contribution in [3.63, 3.8) is 0 Å². The molecule has 4 rings (SSSR count). The van der Waals surface area contributed by atoms with E-state index in [-0.39, 0.29) is 5.91 Å². The number of carbonyl (C=O) groups excluding carboxylic acids is 3. The molecule has 3 N–H and O–H groups in total. The van der Waals surface area contributed by atoms with Crippen LogP contribution in [0.25, 0.3) is 0 Å². The number of hydrogen-bond acceptors (Lipinski definition) is 6. The van der Waals surface area contributed by atoms with Crippen molar-refractivity contribution < 1.29 is 19.1 Å². The van der Waals surface area contributed by atoms with Crippen LogP contribution in [0.5, 0.6) is 0 Å². The molecule has 1 saturated carbocycles. The summed E-state index contributed by atoms with van der Waals surface area (Å²) >= 11 is 0. The summed E-state index contributed by atoms with van der Waals surface area (Å²) < 4.78 is 5.29. The first-order valence-corrected chi connectivity index (χ1v) is 11.8. The summed E-state index contributed by atoms with van der Waals surface area (Å²) in [7, 11) is 0. The molecule has 34 heavy (non-hydrogen) atoms. The lowest BCUT2D eigenvalue weighted by molar-refractivity contribution is -0.121. The molecule has 2 aliphatic heterocycles. The summed E-state index contributed by atoms with van der Waals surface area (Å²) in [5.41, 5.74) is 3.58. The van der Waals surface area contributed by atoms with Crippen LogP contribution in [0, 0.1) is 0 Å². The predicted molar refractivity (Wildman–Crippen MR) is 129 cm³/mol. The Morgan fingerprint density at radius 2 is 1.97 bits per heavy atom. The molecule has 1 saturated heterocycles. The fourth-order valence-corrected chi connectivity index (χ4v) is 5.04. The van der Waals surface area contributed by atoms with Crippen LogP contribution in [0.2, 0.25) is 0 Å². The van der Waals surface area contributed by atoms with E-state index in [9.17, 15) is 14.4 Å². The van der Waals surface area contributed by atoms with E-state index in [4.69, 9.17) is 4.74 Å². The van der Waals surface area contributed by atoms with Crippen molar-refractivity contribution in [2.24, 2.45) is 0 Å². The van der Waals surface area contributed by atoms with Crippen LogP contribution in [-0.4, -0.2) is 39.6 Å². The largest absolute Gasteiger partial charge is 0.444 e. The molecular weight excluding hydrogens is 434 g/mol. The molecule has 1 spiro atoms. The molecule has 0 atom stereocenters. The highest BCUT2D eigenvalue weighted by atomic mass is 16.6. The van der Waals surface area contributed by atoms with Gasteiger partial charge >= 0.3 is 6.09 Å². The number of fused-ring (bicyclic) bond motifs is 1. The van der Waals surface area contributed by atoms with Crippen LogP contribution in [0.3, 0.4) is 0 Å². The van der Waals surface area contributed by atoms with Crippen molar-refractivity contribution in [1.29, 1.82) is 0 Å². The van der Waals surface area contributed by atoms with Crippen molar-refractivity contribution in [2.75, 3.05) is 10.6 Å². The molecule has 1 aromatic heterocycles. The van der Waals surface area contributed by atoms with E-state index in [2.05, 4.69) is 20.9 Å². The first kappa shape index (κ1) is 23.8. The normalized spacial score (nSPS) is 21.0. The number of aromatic nitrogens is 1. The van der Waals surface area contributed by atoms with Crippen molar-refractivity contribution in [3.05, 3.63) is 40.4 Å². The van der Waals surface area contributed by atoms with Crippen molar-refractivity contribution in [2.45, 2.75) is 84.4 Å². The molecule has 9 heteroatoms. The highest BCUT2D eigenvalue weighted by Gasteiger charge is 2.49. The van der Waals surface area contributed by atoms with E-state index in [0.717, 1.165) is 66.6 Å². The average Bonchev–Trinajstić information content (AvgIpc) is 3.02. The maximum Gasteiger partial charge on any atom is 0.413 e. The molecule has 0 bridgehead atoms. The van der Waals surface area contributed by atoms with Gasteiger partial charge in [-0.05, 0) is 77.0 Å². The smallest absolute Gasteiger partial charge is 0.413 e. The van der Waals surface area contributed by atoms with Gasteiger partial charge in [-0.1, -0.05) is 6.42 Å². The molecule has 1 aliphatic carbocycles. The van der Waals surface area contributed by atoms with Gasteiger partial charge in [0, 0.05) is 30.1 Å². The topological polar surface area (TPSA) is 113 Å². The monoisotopic (exact) mass is 467 g/mol. The second-order valence-corrected chi connectivity index (χ2v) is 10.3. The Hall–Kier alpha value is -3.36. The number of nitrogens with zero attached hydrogens (tertiary/aromatic N) is 2. The van der Waals surface area contributed by atoms with Crippen LogP contribution in [0.15, 0.2) is 34.8 Å². The Bertz CT molecular complexity index is 1090. The Kier molecular flexibility index (Phi) is 6.14. The minimum atomic E-state index is -0.605. The Labute approximate surface area is 200 Å². The molecule has 3 amide bonds. The summed E-state index contributed by atoms with van der Waals surface area (Å²) in [5, 5.41) is 9.13. The van der Waals surface area contributed by atoms with Gasteiger partial charge in [0.15, 0.2) is 0 Å². The molecule has 9 nitrogen and oxygen atoms in total. The Morgan fingerprint density at radius 3 is 2.62 bits per heavy atom. The van der Waals surface area contributed by atoms with Crippen molar-refractivity contribution >= 4 is 29.9 Å². The van der Waals surface area contributed by atoms with Gasteiger partial charge in [-0.3, -0.25) is 19.8 Å². The predicted octanol–water partition coefficient (Wildman–Crippen LogP) is 4.19. The third-order valence-corrected chi connectivity index (χ3v) is 6.61.